The van der Waals surface area contributed by atoms with Crippen molar-refractivity contribution in [3.05, 3.63) is 24.2 Å². The molecule has 0 bridgehead atoms. The van der Waals surface area contributed by atoms with E-state index in [0.717, 1.165) is 31.9 Å². The van der Waals surface area contributed by atoms with Gasteiger partial charge in [0.1, 0.15) is 5.76 Å². The van der Waals surface area contributed by atoms with Crippen LogP contribution < -0.4 is 0 Å². The smallest absolute Gasteiger partial charge is 0.223 e. The quantitative estimate of drug-likeness (QED) is 0.741. The van der Waals surface area contributed by atoms with E-state index in [1.807, 2.05) is 17.0 Å². The van der Waals surface area contributed by atoms with Gasteiger partial charge in [-0.2, -0.15) is 5.26 Å². The fraction of sp³-hybridized carbons (Fsp3) is 0.538. The first-order valence-corrected chi connectivity index (χ1v) is 6.19. The molecule has 18 heavy (non-hydrogen) atoms. The molecule has 0 radical (unpaired) electrons. The summed E-state index contributed by atoms with van der Waals surface area (Å²) in [5, 5.41) is 8.60. The number of hydrogen-bond acceptors (Lipinski definition) is 4. The maximum Gasteiger partial charge on any atom is 0.223 e. The van der Waals surface area contributed by atoms with E-state index in [1.165, 1.54) is 0 Å². The second-order valence-corrected chi connectivity index (χ2v) is 4.39. The van der Waals surface area contributed by atoms with Crippen LogP contribution in [0.25, 0.3) is 0 Å². The molecule has 0 spiro atoms. The van der Waals surface area contributed by atoms with E-state index in [2.05, 4.69) is 11.0 Å². The molecule has 5 nitrogen and oxygen atoms in total. The summed E-state index contributed by atoms with van der Waals surface area (Å²) in [4.78, 5) is 15.9. The van der Waals surface area contributed by atoms with Crippen LogP contribution in [0.4, 0.5) is 0 Å². The zero-order valence-corrected chi connectivity index (χ0v) is 10.3. The molecule has 1 saturated heterocycles. The van der Waals surface area contributed by atoms with Crippen LogP contribution >= 0.6 is 0 Å². The molecule has 0 atom stereocenters. The summed E-state index contributed by atoms with van der Waals surface area (Å²) in [6, 6.07) is 5.86. The molecule has 0 saturated carbocycles. The summed E-state index contributed by atoms with van der Waals surface area (Å²) in [5.41, 5.74) is 0. The largest absolute Gasteiger partial charge is 0.469 e. The number of nitrogens with zero attached hydrogens (tertiary/aromatic N) is 3. The van der Waals surface area contributed by atoms with Crippen molar-refractivity contribution in [1.29, 1.82) is 5.26 Å². The molecule has 1 aliphatic rings. The van der Waals surface area contributed by atoms with E-state index < -0.39 is 0 Å². The molecule has 0 aliphatic carbocycles. The van der Waals surface area contributed by atoms with Crippen LogP contribution in [0.3, 0.4) is 0 Å². The van der Waals surface area contributed by atoms with E-state index in [9.17, 15) is 4.79 Å². The average Bonchev–Trinajstić information content (AvgIpc) is 2.90. The lowest BCUT2D eigenvalue weighted by atomic mass is 10.2. The Kier molecular flexibility index (Phi) is 4.37. The maximum atomic E-state index is 12.0. The number of piperazine rings is 1. The summed E-state index contributed by atoms with van der Waals surface area (Å²) >= 11 is 0. The molecule has 0 aromatic carbocycles. The number of hydrogen-bond donors (Lipinski definition) is 0. The van der Waals surface area contributed by atoms with Crippen LogP contribution in [0.15, 0.2) is 22.8 Å². The first-order chi connectivity index (χ1) is 8.79. The topological polar surface area (TPSA) is 60.5 Å². The highest BCUT2D eigenvalue weighted by atomic mass is 16.3. The zero-order chi connectivity index (χ0) is 12.8. The Hall–Kier alpha value is -1.80. The molecule has 1 fully saturated rings. The van der Waals surface area contributed by atoms with Gasteiger partial charge in [0.25, 0.3) is 0 Å². The van der Waals surface area contributed by atoms with E-state index in [4.69, 9.17) is 9.68 Å². The number of carbonyl (C=O) groups is 1. The summed E-state index contributed by atoms with van der Waals surface area (Å²) in [5.74, 6) is 1.02. The minimum absolute atomic E-state index is 0.169. The van der Waals surface area contributed by atoms with Crippen molar-refractivity contribution >= 4 is 5.91 Å². The number of furan rings is 1. The Labute approximate surface area is 107 Å². The summed E-state index contributed by atoms with van der Waals surface area (Å²) in [7, 11) is 0. The molecule has 0 unspecified atom stereocenters. The summed E-state index contributed by atoms with van der Waals surface area (Å²) in [6.07, 6.45) is 2.77. The van der Waals surface area contributed by atoms with Crippen LogP contribution in [0.2, 0.25) is 0 Å². The van der Waals surface area contributed by atoms with Gasteiger partial charge in [0.2, 0.25) is 5.91 Å². The van der Waals surface area contributed by atoms with Gasteiger partial charge in [0, 0.05) is 39.0 Å². The van der Waals surface area contributed by atoms with Gasteiger partial charge in [-0.25, -0.2) is 0 Å². The molecule has 5 heteroatoms. The fourth-order valence-electron chi connectivity index (χ4n) is 2.10. The molecule has 1 amide bonds. The van der Waals surface area contributed by atoms with Crippen molar-refractivity contribution in [2.75, 3.05) is 32.7 Å². The normalized spacial score (nSPS) is 16.5. The monoisotopic (exact) mass is 247 g/mol. The van der Waals surface area contributed by atoms with Crippen molar-refractivity contribution in [3.63, 3.8) is 0 Å². The Balaban J connectivity index is 1.72. The number of aryl methyl sites for hydroxylation is 1. The highest BCUT2D eigenvalue weighted by Crippen LogP contribution is 2.08. The highest BCUT2D eigenvalue weighted by molar-refractivity contribution is 5.76. The Morgan fingerprint density at radius 2 is 2.17 bits per heavy atom. The zero-order valence-electron chi connectivity index (χ0n) is 10.3. The predicted molar refractivity (Wildman–Crippen MR) is 65.7 cm³/mol. The minimum Gasteiger partial charge on any atom is -0.469 e. The first kappa shape index (κ1) is 12.7. The minimum atomic E-state index is 0.169. The number of amides is 1. The molecule has 0 N–H and O–H groups in total. The number of carbonyl (C=O) groups excluding carboxylic acids is 1. The second-order valence-electron chi connectivity index (χ2n) is 4.39. The van der Waals surface area contributed by atoms with Crippen molar-refractivity contribution in [3.8, 4) is 6.07 Å². The van der Waals surface area contributed by atoms with E-state index in [0.29, 0.717) is 19.4 Å². The van der Waals surface area contributed by atoms with Gasteiger partial charge >= 0.3 is 0 Å². The third-order valence-corrected chi connectivity index (χ3v) is 3.18. The fourth-order valence-corrected chi connectivity index (χ4v) is 2.10. The van der Waals surface area contributed by atoms with Gasteiger partial charge in [0.05, 0.1) is 18.9 Å². The van der Waals surface area contributed by atoms with Crippen LogP contribution in [-0.4, -0.2) is 48.4 Å². The van der Waals surface area contributed by atoms with Gasteiger partial charge < -0.3 is 9.32 Å². The average molecular weight is 247 g/mol. The van der Waals surface area contributed by atoms with E-state index >= 15 is 0 Å². The Bertz CT molecular complexity index is 414. The van der Waals surface area contributed by atoms with Crippen LogP contribution in [0.5, 0.6) is 0 Å². The van der Waals surface area contributed by atoms with Gasteiger partial charge in [-0.05, 0) is 12.1 Å². The lowest BCUT2D eigenvalue weighted by Crippen LogP contribution is -2.48. The Morgan fingerprint density at radius 1 is 1.39 bits per heavy atom. The number of rotatable bonds is 4. The molecule has 1 aromatic rings. The molecule has 1 aliphatic heterocycles. The summed E-state index contributed by atoms with van der Waals surface area (Å²) in [6.45, 7) is 3.48. The molecule has 1 aromatic heterocycles. The lowest BCUT2D eigenvalue weighted by molar-refractivity contribution is -0.132. The van der Waals surface area contributed by atoms with Crippen molar-refractivity contribution in [2.45, 2.75) is 12.8 Å². The standard InChI is InChI=1S/C13H17N3O2/c14-5-6-15-7-9-16(10-8-15)13(17)4-3-12-2-1-11-18-12/h1-2,11H,3-4,6-10H2. The first-order valence-electron chi connectivity index (χ1n) is 6.19. The molecular formula is C13H17N3O2. The molecule has 2 rings (SSSR count). The molecular weight excluding hydrogens is 230 g/mol. The van der Waals surface area contributed by atoms with Crippen molar-refractivity contribution in [1.82, 2.24) is 9.80 Å². The molecule has 96 valence electrons. The van der Waals surface area contributed by atoms with Crippen LogP contribution in [0, 0.1) is 11.3 Å². The van der Waals surface area contributed by atoms with Gasteiger partial charge in [-0.3, -0.25) is 9.69 Å². The highest BCUT2D eigenvalue weighted by Gasteiger charge is 2.20. The second kappa shape index (κ2) is 6.22. The van der Waals surface area contributed by atoms with Gasteiger partial charge in [-0.1, -0.05) is 0 Å². The van der Waals surface area contributed by atoms with E-state index in [1.54, 1.807) is 6.26 Å². The van der Waals surface area contributed by atoms with Crippen LogP contribution in [-0.2, 0) is 11.2 Å². The maximum absolute atomic E-state index is 12.0. The Morgan fingerprint density at radius 3 is 2.78 bits per heavy atom. The van der Waals surface area contributed by atoms with Crippen molar-refractivity contribution in [2.24, 2.45) is 0 Å². The SMILES string of the molecule is N#CCN1CCN(C(=O)CCc2ccco2)CC1. The van der Waals surface area contributed by atoms with Crippen molar-refractivity contribution < 1.29 is 9.21 Å². The van der Waals surface area contributed by atoms with E-state index in [-0.39, 0.29) is 5.91 Å². The predicted octanol–water partition coefficient (Wildman–Crippen LogP) is 0.880. The third kappa shape index (κ3) is 3.34. The molecule has 2 heterocycles. The summed E-state index contributed by atoms with van der Waals surface area (Å²) < 4.78 is 5.21. The third-order valence-electron chi connectivity index (χ3n) is 3.18. The van der Waals surface area contributed by atoms with Gasteiger partial charge in [0.15, 0.2) is 0 Å². The lowest BCUT2D eigenvalue weighted by Gasteiger charge is -2.33. The number of nitriles is 1. The van der Waals surface area contributed by atoms with Gasteiger partial charge in [-0.15, -0.1) is 0 Å². The van der Waals surface area contributed by atoms with Crippen LogP contribution in [0.1, 0.15) is 12.2 Å².